The number of alkyl halides is 3. The normalized spacial score (nSPS) is 14.5. The molecule has 3 aromatic rings. The lowest BCUT2D eigenvalue weighted by Gasteiger charge is -2.31. The average molecular weight is 520 g/mol. The summed E-state index contributed by atoms with van der Waals surface area (Å²) < 4.78 is 39.9. The number of hydrogen-bond acceptors (Lipinski definition) is 4. The highest BCUT2D eigenvalue weighted by molar-refractivity contribution is 7.09. The van der Waals surface area contributed by atoms with E-state index in [1.165, 1.54) is 11.3 Å². The zero-order valence-electron chi connectivity index (χ0n) is 18.5. The number of pyridine rings is 1. The Kier molecular flexibility index (Phi) is 7.63. The van der Waals surface area contributed by atoms with E-state index < -0.39 is 29.8 Å². The molecule has 1 aliphatic rings. The Labute approximate surface area is 209 Å². The van der Waals surface area contributed by atoms with Gasteiger partial charge >= 0.3 is 6.18 Å². The summed E-state index contributed by atoms with van der Waals surface area (Å²) in [4.78, 5) is 31.1. The van der Waals surface area contributed by atoms with E-state index in [4.69, 9.17) is 11.6 Å². The Balaban J connectivity index is 1.34. The summed E-state index contributed by atoms with van der Waals surface area (Å²) in [6.45, 7) is 0.366. The van der Waals surface area contributed by atoms with Crippen molar-refractivity contribution in [1.82, 2.24) is 14.5 Å². The smallest absolute Gasteiger partial charge is 0.341 e. The summed E-state index contributed by atoms with van der Waals surface area (Å²) in [5, 5.41) is 2.63. The Morgan fingerprint density at radius 2 is 1.91 bits per heavy atom. The second-order valence-electron chi connectivity index (χ2n) is 8.19. The standard InChI is InChI=1S/C25H21ClF3N3O2S/c26-19-13-21(25(27,28)29)24(34)32(14-19)15-22(33)31-11-9-18(10-12-31)23-30-20(16-35-23)8-4-7-17-5-2-1-3-6-17/h1-3,5-6,13-14,16,18H,7,9-12,15H2. The Hall–Kier alpha value is -3.09. The Morgan fingerprint density at radius 1 is 1.20 bits per heavy atom. The van der Waals surface area contributed by atoms with Crippen LogP contribution in [0.5, 0.6) is 0 Å². The fraction of sp³-hybridized carbons (Fsp3) is 0.320. The molecule has 1 aromatic carbocycles. The van der Waals surface area contributed by atoms with Crippen LogP contribution in [0.25, 0.3) is 0 Å². The zero-order chi connectivity index (χ0) is 25.0. The van der Waals surface area contributed by atoms with Crippen LogP contribution < -0.4 is 5.56 Å². The first kappa shape index (κ1) is 25.0. The number of carbonyl (C=O) groups is 1. The second kappa shape index (κ2) is 10.7. The van der Waals surface area contributed by atoms with Crippen molar-refractivity contribution in [3.8, 4) is 11.8 Å². The number of thiazole rings is 1. The van der Waals surface area contributed by atoms with Crippen LogP contribution >= 0.6 is 22.9 Å². The van der Waals surface area contributed by atoms with Crippen molar-refractivity contribution in [3.63, 3.8) is 0 Å². The van der Waals surface area contributed by atoms with Crippen LogP contribution in [0.15, 0.2) is 52.8 Å². The van der Waals surface area contributed by atoms with E-state index in [0.717, 1.165) is 27.0 Å². The van der Waals surface area contributed by atoms with Gasteiger partial charge < -0.3 is 9.47 Å². The van der Waals surface area contributed by atoms with Crippen LogP contribution in [0, 0.1) is 11.8 Å². The van der Waals surface area contributed by atoms with Gasteiger partial charge in [-0.15, -0.1) is 11.3 Å². The predicted octanol–water partition coefficient (Wildman–Crippen LogP) is 4.98. The second-order valence-corrected chi connectivity index (χ2v) is 9.52. The number of nitrogens with zero attached hydrogens (tertiary/aromatic N) is 3. The molecule has 0 atom stereocenters. The van der Waals surface area contributed by atoms with Gasteiger partial charge in [0.1, 0.15) is 17.8 Å². The van der Waals surface area contributed by atoms with E-state index in [2.05, 4.69) is 16.8 Å². The monoisotopic (exact) mass is 519 g/mol. The molecule has 1 fully saturated rings. The first-order valence-electron chi connectivity index (χ1n) is 10.9. The summed E-state index contributed by atoms with van der Waals surface area (Å²) in [5.41, 5.74) is -0.806. The molecule has 5 nitrogen and oxygen atoms in total. The molecule has 1 aliphatic heterocycles. The van der Waals surface area contributed by atoms with E-state index in [0.29, 0.717) is 38.4 Å². The molecule has 182 valence electrons. The van der Waals surface area contributed by atoms with Crippen molar-refractivity contribution in [2.24, 2.45) is 0 Å². The van der Waals surface area contributed by atoms with E-state index in [1.54, 1.807) is 4.90 Å². The average Bonchev–Trinajstić information content (AvgIpc) is 3.30. The third-order valence-corrected chi connectivity index (χ3v) is 6.95. The third-order valence-electron chi connectivity index (χ3n) is 5.73. The number of benzene rings is 1. The van der Waals surface area contributed by atoms with Gasteiger partial charge in [0.2, 0.25) is 5.91 Å². The SMILES string of the molecule is O=C(Cn1cc(Cl)cc(C(F)(F)F)c1=O)N1CCC(c2nc(C#CCc3ccccc3)cs2)CC1. The fourth-order valence-corrected chi connectivity index (χ4v) is 5.06. The highest BCUT2D eigenvalue weighted by Crippen LogP contribution is 2.31. The van der Waals surface area contributed by atoms with Gasteiger partial charge in [0.15, 0.2) is 0 Å². The van der Waals surface area contributed by atoms with Crippen LogP contribution in [0.3, 0.4) is 0 Å². The van der Waals surface area contributed by atoms with Crippen molar-refractivity contribution in [1.29, 1.82) is 0 Å². The number of halogens is 4. The molecule has 1 saturated heterocycles. The van der Waals surface area contributed by atoms with Gasteiger partial charge in [-0.05, 0) is 30.4 Å². The summed E-state index contributed by atoms with van der Waals surface area (Å²) in [5.74, 6) is 5.98. The van der Waals surface area contributed by atoms with E-state index in [9.17, 15) is 22.8 Å². The Bertz CT molecular complexity index is 1320. The molecule has 10 heteroatoms. The van der Waals surface area contributed by atoms with Crippen LogP contribution in [0.4, 0.5) is 13.2 Å². The van der Waals surface area contributed by atoms with Crippen molar-refractivity contribution < 1.29 is 18.0 Å². The minimum atomic E-state index is -4.84. The topological polar surface area (TPSA) is 55.2 Å². The van der Waals surface area contributed by atoms with Gasteiger partial charge in [-0.3, -0.25) is 9.59 Å². The highest BCUT2D eigenvalue weighted by Gasteiger charge is 2.35. The van der Waals surface area contributed by atoms with Gasteiger partial charge in [-0.1, -0.05) is 47.9 Å². The number of aromatic nitrogens is 2. The molecule has 0 unspecified atom stereocenters. The number of likely N-dealkylation sites (tertiary alicyclic amines) is 1. The highest BCUT2D eigenvalue weighted by atomic mass is 35.5. The van der Waals surface area contributed by atoms with E-state index in [-0.39, 0.29) is 10.9 Å². The van der Waals surface area contributed by atoms with Crippen molar-refractivity contribution in [3.05, 3.63) is 85.2 Å². The molecule has 0 aliphatic carbocycles. The molecule has 0 bridgehead atoms. The quantitative estimate of drug-likeness (QED) is 0.457. The largest absolute Gasteiger partial charge is 0.421 e. The summed E-state index contributed by atoms with van der Waals surface area (Å²) in [7, 11) is 0. The summed E-state index contributed by atoms with van der Waals surface area (Å²) in [6.07, 6.45) is -1.79. The van der Waals surface area contributed by atoms with Gasteiger partial charge in [0, 0.05) is 37.0 Å². The van der Waals surface area contributed by atoms with Gasteiger partial charge in [-0.2, -0.15) is 13.2 Å². The van der Waals surface area contributed by atoms with Crippen LogP contribution in [0.1, 0.15) is 40.6 Å². The summed E-state index contributed by atoms with van der Waals surface area (Å²) in [6, 6.07) is 10.5. The lowest BCUT2D eigenvalue weighted by molar-refractivity contribution is -0.139. The number of amides is 1. The van der Waals surface area contributed by atoms with Gasteiger partial charge in [-0.25, -0.2) is 4.98 Å². The van der Waals surface area contributed by atoms with Crippen molar-refractivity contribution in [2.45, 2.75) is 37.9 Å². The van der Waals surface area contributed by atoms with Crippen LogP contribution in [0.2, 0.25) is 5.02 Å². The maximum absolute atomic E-state index is 13.1. The van der Waals surface area contributed by atoms with E-state index >= 15 is 0 Å². The molecule has 3 heterocycles. The number of rotatable bonds is 4. The zero-order valence-corrected chi connectivity index (χ0v) is 20.1. The lowest BCUT2D eigenvalue weighted by Crippen LogP contribution is -2.41. The first-order chi connectivity index (χ1) is 16.7. The van der Waals surface area contributed by atoms with Crippen molar-refractivity contribution in [2.75, 3.05) is 13.1 Å². The number of piperidine rings is 1. The molecule has 35 heavy (non-hydrogen) atoms. The van der Waals surface area contributed by atoms with E-state index in [1.807, 2.05) is 35.7 Å². The maximum Gasteiger partial charge on any atom is 0.421 e. The van der Waals surface area contributed by atoms with Crippen molar-refractivity contribution >= 4 is 28.8 Å². The minimum Gasteiger partial charge on any atom is -0.341 e. The molecule has 0 N–H and O–H groups in total. The molecule has 2 aromatic heterocycles. The lowest BCUT2D eigenvalue weighted by atomic mass is 9.97. The summed E-state index contributed by atoms with van der Waals surface area (Å²) >= 11 is 7.29. The molecule has 0 saturated carbocycles. The molecule has 1 amide bonds. The van der Waals surface area contributed by atoms with Crippen LogP contribution in [-0.2, 0) is 23.9 Å². The molecule has 0 radical (unpaired) electrons. The number of carbonyl (C=O) groups excluding carboxylic acids is 1. The molecular weight excluding hydrogens is 499 g/mol. The van der Waals surface area contributed by atoms with Crippen LogP contribution in [-0.4, -0.2) is 33.4 Å². The molecular formula is C25H21ClF3N3O2S. The molecule has 0 spiro atoms. The predicted molar refractivity (Wildman–Crippen MR) is 128 cm³/mol. The Morgan fingerprint density at radius 3 is 2.60 bits per heavy atom. The number of hydrogen-bond donors (Lipinski definition) is 0. The first-order valence-corrected chi connectivity index (χ1v) is 12.2. The van der Waals surface area contributed by atoms with Gasteiger partial charge in [0.25, 0.3) is 5.56 Å². The molecule has 4 rings (SSSR count). The third kappa shape index (κ3) is 6.32. The fourth-order valence-electron chi connectivity index (χ4n) is 3.91. The van der Waals surface area contributed by atoms with Gasteiger partial charge in [0.05, 0.1) is 10.0 Å². The maximum atomic E-state index is 13.1. The minimum absolute atomic E-state index is 0.180.